The number of rotatable bonds is 4. The number of hydrogen-bond donors (Lipinski definition) is 1. The average Bonchev–Trinajstić information content (AvgIpc) is 2.88. The monoisotopic (exact) mass is 288 g/mol. The molecule has 106 valence electrons. The van der Waals surface area contributed by atoms with E-state index < -0.39 is 0 Å². The second kappa shape index (κ2) is 5.54. The topological polar surface area (TPSA) is 34.1 Å². The Morgan fingerprint density at radius 3 is 2.95 bits per heavy atom. The number of nitrogens with zero attached hydrogens (tertiary/aromatic N) is 1. The third-order valence-electron chi connectivity index (χ3n) is 3.60. The molecule has 20 heavy (non-hydrogen) atoms. The van der Waals surface area contributed by atoms with E-state index in [1.165, 1.54) is 21.0 Å². The van der Waals surface area contributed by atoms with Gasteiger partial charge in [0.25, 0.3) is 0 Å². The summed E-state index contributed by atoms with van der Waals surface area (Å²) in [7, 11) is 1.71. The van der Waals surface area contributed by atoms with Crippen LogP contribution in [0.1, 0.15) is 29.3 Å². The van der Waals surface area contributed by atoms with Gasteiger partial charge in [-0.05, 0) is 30.5 Å². The number of aryl methyl sites for hydroxylation is 2. The highest BCUT2D eigenvalue weighted by Gasteiger charge is 2.21. The highest BCUT2D eigenvalue weighted by Crippen LogP contribution is 2.38. The standard InChI is InChI=1S/C16H20N2OS/c1-10(2)17-9-15-18-16-13-8-12(19-3)6-4-11(13)5-7-14(16)20-15/h4,6,8,10,17H,5,7,9H2,1-3H3. The molecule has 0 aliphatic heterocycles. The van der Waals surface area contributed by atoms with Crippen molar-refractivity contribution in [2.24, 2.45) is 0 Å². The van der Waals surface area contributed by atoms with Crippen molar-refractivity contribution < 1.29 is 4.74 Å². The SMILES string of the molecule is COc1ccc2c(c1)-c1nc(CNC(C)C)sc1CC2. The Balaban J connectivity index is 1.94. The van der Waals surface area contributed by atoms with Gasteiger partial charge in [0.2, 0.25) is 0 Å². The number of methoxy groups -OCH3 is 1. The molecule has 1 aliphatic rings. The quantitative estimate of drug-likeness (QED) is 0.936. The number of fused-ring (bicyclic) bond motifs is 3. The highest BCUT2D eigenvalue weighted by atomic mass is 32.1. The summed E-state index contributed by atoms with van der Waals surface area (Å²) in [6, 6.07) is 6.82. The predicted molar refractivity (Wildman–Crippen MR) is 83.5 cm³/mol. The van der Waals surface area contributed by atoms with Gasteiger partial charge in [0.05, 0.1) is 12.8 Å². The molecule has 0 bridgehead atoms. The van der Waals surface area contributed by atoms with E-state index in [2.05, 4.69) is 31.3 Å². The summed E-state index contributed by atoms with van der Waals surface area (Å²) < 4.78 is 5.34. The van der Waals surface area contributed by atoms with E-state index in [1.54, 1.807) is 7.11 Å². The number of nitrogens with one attached hydrogen (secondary N) is 1. The van der Waals surface area contributed by atoms with Crippen molar-refractivity contribution >= 4 is 11.3 Å². The zero-order valence-corrected chi connectivity index (χ0v) is 13.0. The molecular formula is C16H20N2OS. The second-order valence-corrected chi connectivity index (χ2v) is 6.61. The van der Waals surface area contributed by atoms with Crippen LogP contribution in [0.2, 0.25) is 0 Å². The van der Waals surface area contributed by atoms with Gasteiger partial charge >= 0.3 is 0 Å². The lowest BCUT2D eigenvalue weighted by Gasteiger charge is -2.15. The molecule has 3 nitrogen and oxygen atoms in total. The first-order valence-corrected chi connectivity index (χ1v) is 7.88. The molecule has 4 heteroatoms. The molecule has 1 heterocycles. The summed E-state index contributed by atoms with van der Waals surface area (Å²) in [5, 5.41) is 4.62. The summed E-state index contributed by atoms with van der Waals surface area (Å²) in [4.78, 5) is 6.25. The molecule has 0 atom stereocenters. The first-order valence-electron chi connectivity index (χ1n) is 7.06. The number of benzene rings is 1. The Morgan fingerprint density at radius 2 is 2.20 bits per heavy atom. The van der Waals surface area contributed by atoms with Crippen LogP contribution in [0.15, 0.2) is 18.2 Å². The Hall–Kier alpha value is -1.39. The van der Waals surface area contributed by atoms with Crippen molar-refractivity contribution in [3.05, 3.63) is 33.6 Å². The van der Waals surface area contributed by atoms with Crippen molar-refractivity contribution in [3.63, 3.8) is 0 Å². The summed E-state index contributed by atoms with van der Waals surface area (Å²) in [5.74, 6) is 0.909. The van der Waals surface area contributed by atoms with Gasteiger partial charge in [-0.1, -0.05) is 19.9 Å². The molecule has 0 radical (unpaired) electrons. The van der Waals surface area contributed by atoms with E-state index in [4.69, 9.17) is 9.72 Å². The van der Waals surface area contributed by atoms with Crippen LogP contribution in [0.4, 0.5) is 0 Å². The lowest BCUT2D eigenvalue weighted by Crippen LogP contribution is -2.21. The summed E-state index contributed by atoms with van der Waals surface area (Å²) in [6.07, 6.45) is 2.21. The minimum atomic E-state index is 0.489. The van der Waals surface area contributed by atoms with Crippen LogP contribution in [-0.4, -0.2) is 18.1 Å². The van der Waals surface area contributed by atoms with Gasteiger partial charge < -0.3 is 10.1 Å². The van der Waals surface area contributed by atoms with Gasteiger partial charge in [0.15, 0.2) is 0 Å². The van der Waals surface area contributed by atoms with E-state index in [0.29, 0.717) is 6.04 Å². The molecule has 1 aliphatic carbocycles. The van der Waals surface area contributed by atoms with Crippen molar-refractivity contribution in [2.75, 3.05) is 7.11 Å². The van der Waals surface area contributed by atoms with Crippen LogP contribution in [-0.2, 0) is 19.4 Å². The largest absolute Gasteiger partial charge is 0.497 e. The maximum absolute atomic E-state index is 5.34. The minimum absolute atomic E-state index is 0.489. The molecule has 3 rings (SSSR count). The minimum Gasteiger partial charge on any atom is -0.497 e. The van der Waals surface area contributed by atoms with E-state index in [9.17, 15) is 0 Å². The first kappa shape index (κ1) is 13.6. The number of hydrogen-bond acceptors (Lipinski definition) is 4. The lowest BCUT2D eigenvalue weighted by atomic mass is 9.93. The highest BCUT2D eigenvalue weighted by molar-refractivity contribution is 7.12. The van der Waals surface area contributed by atoms with Gasteiger partial charge in [0, 0.05) is 23.0 Å². The molecule has 1 N–H and O–H groups in total. The molecule has 0 saturated carbocycles. The lowest BCUT2D eigenvalue weighted by molar-refractivity contribution is 0.415. The average molecular weight is 288 g/mol. The zero-order valence-electron chi connectivity index (χ0n) is 12.2. The van der Waals surface area contributed by atoms with E-state index >= 15 is 0 Å². The molecule has 0 fully saturated rings. The Bertz CT molecular complexity index is 619. The maximum atomic E-state index is 5.34. The van der Waals surface area contributed by atoms with E-state index in [0.717, 1.165) is 30.8 Å². The molecule has 1 aromatic carbocycles. The van der Waals surface area contributed by atoms with Crippen molar-refractivity contribution in [2.45, 2.75) is 39.3 Å². The number of aromatic nitrogens is 1. The number of thiazole rings is 1. The van der Waals surface area contributed by atoms with Gasteiger partial charge in [-0.2, -0.15) is 0 Å². The van der Waals surface area contributed by atoms with Crippen LogP contribution in [0, 0.1) is 0 Å². The predicted octanol–water partition coefficient (Wildman–Crippen LogP) is 3.42. The molecule has 1 aromatic heterocycles. The summed E-state index contributed by atoms with van der Waals surface area (Å²) in [5.41, 5.74) is 3.79. The van der Waals surface area contributed by atoms with Gasteiger partial charge in [-0.15, -0.1) is 11.3 Å². The van der Waals surface area contributed by atoms with Crippen LogP contribution < -0.4 is 10.1 Å². The molecule has 2 aromatic rings. The Labute approximate surface area is 124 Å². The summed E-state index contributed by atoms with van der Waals surface area (Å²) >= 11 is 1.84. The fourth-order valence-corrected chi connectivity index (χ4v) is 3.55. The normalized spacial score (nSPS) is 13.2. The fraction of sp³-hybridized carbons (Fsp3) is 0.438. The van der Waals surface area contributed by atoms with Gasteiger partial charge in [-0.3, -0.25) is 0 Å². The van der Waals surface area contributed by atoms with E-state index in [-0.39, 0.29) is 0 Å². The summed E-state index contributed by atoms with van der Waals surface area (Å²) in [6.45, 7) is 5.18. The first-order chi connectivity index (χ1) is 9.67. The van der Waals surface area contributed by atoms with E-state index in [1.807, 2.05) is 17.4 Å². The third kappa shape index (κ3) is 2.58. The smallest absolute Gasteiger partial charge is 0.119 e. The zero-order chi connectivity index (χ0) is 14.1. The van der Waals surface area contributed by atoms with Crippen molar-refractivity contribution in [1.29, 1.82) is 0 Å². The fourth-order valence-electron chi connectivity index (χ4n) is 2.52. The third-order valence-corrected chi connectivity index (χ3v) is 4.71. The second-order valence-electron chi connectivity index (χ2n) is 5.44. The number of ether oxygens (including phenoxy) is 1. The Morgan fingerprint density at radius 1 is 1.35 bits per heavy atom. The maximum Gasteiger partial charge on any atom is 0.119 e. The molecule has 0 saturated heterocycles. The molecule has 0 spiro atoms. The van der Waals surface area contributed by atoms with Crippen molar-refractivity contribution in [3.8, 4) is 17.0 Å². The molecular weight excluding hydrogens is 268 g/mol. The van der Waals surface area contributed by atoms with Crippen LogP contribution in [0.3, 0.4) is 0 Å². The van der Waals surface area contributed by atoms with Crippen LogP contribution in [0.5, 0.6) is 5.75 Å². The Kier molecular flexibility index (Phi) is 3.76. The van der Waals surface area contributed by atoms with Crippen LogP contribution >= 0.6 is 11.3 Å². The molecule has 0 amide bonds. The molecule has 0 unspecified atom stereocenters. The van der Waals surface area contributed by atoms with Gasteiger partial charge in [0.1, 0.15) is 10.8 Å². The van der Waals surface area contributed by atoms with Crippen molar-refractivity contribution in [1.82, 2.24) is 10.3 Å². The van der Waals surface area contributed by atoms with Crippen LogP contribution in [0.25, 0.3) is 11.3 Å². The van der Waals surface area contributed by atoms with Gasteiger partial charge in [-0.25, -0.2) is 4.98 Å².